The fraction of sp³-hybridized carbons (Fsp3) is 0.474. The van der Waals surface area contributed by atoms with Gasteiger partial charge in [0.2, 0.25) is 0 Å². The van der Waals surface area contributed by atoms with Crippen LogP contribution in [0.5, 0.6) is 0 Å². The molecular weight excluding hydrogens is 228 g/mol. The topological polar surface area (TPSA) is 0 Å². The Hall–Kier alpha value is -1.30. The van der Waals surface area contributed by atoms with Gasteiger partial charge in [0.05, 0.1) is 0 Å². The van der Waals surface area contributed by atoms with Crippen molar-refractivity contribution >= 4 is 5.57 Å². The summed E-state index contributed by atoms with van der Waals surface area (Å²) in [5.74, 6) is 0. The Kier molecular flexibility index (Phi) is 13.8. The molecule has 0 saturated carbocycles. The average Bonchev–Trinajstić information content (AvgIpc) is 2.49. The highest BCUT2D eigenvalue weighted by Crippen LogP contribution is 2.24. The van der Waals surface area contributed by atoms with E-state index in [1.165, 1.54) is 22.3 Å². The first-order chi connectivity index (χ1) is 9.20. The van der Waals surface area contributed by atoms with Gasteiger partial charge in [0.1, 0.15) is 0 Å². The smallest absolute Gasteiger partial charge is 0.0155 e. The molecule has 0 radical (unpaired) electrons. The highest BCUT2D eigenvalue weighted by molar-refractivity contribution is 5.78. The molecule has 0 saturated heterocycles. The summed E-state index contributed by atoms with van der Waals surface area (Å²) in [6, 6.07) is 8.56. The minimum atomic E-state index is 1.11. The minimum Gasteiger partial charge on any atom is -0.0870 e. The highest BCUT2D eigenvalue weighted by Gasteiger charge is 2.03. The van der Waals surface area contributed by atoms with E-state index in [2.05, 4.69) is 64.1 Å². The largest absolute Gasteiger partial charge is 0.0870 e. The maximum Gasteiger partial charge on any atom is -0.0155 e. The van der Waals surface area contributed by atoms with Gasteiger partial charge in [-0.2, -0.15) is 0 Å². The molecule has 0 heterocycles. The van der Waals surface area contributed by atoms with Crippen molar-refractivity contribution in [1.82, 2.24) is 0 Å². The van der Waals surface area contributed by atoms with Gasteiger partial charge in [0.25, 0.3) is 0 Å². The van der Waals surface area contributed by atoms with E-state index in [0.717, 1.165) is 6.42 Å². The van der Waals surface area contributed by atoms with Crippen LogP contribution in [0.3, 0.4) is 0 Å². The molecule has 0 aliphatic rings. The summed E-state index contributed by atoms with van der Waals surface area (Å²) in [7, 11) is 0. The van der Waals surface area contributed by atoms with Gasteiger partial charge in [-0.3, -0.25) is 0 Å². The number of hydrogen-bond acceptors (Lipinski definition) is 0. The number of allylic oxidation sites excluding steroid dienone is 4. The summed E-state index contributed by atoms with van der Waals surface area (Å²) in [5, 5.41) is 0. The molecule has 1 rings (SSSR count). The Bertz CT molecular complexity index is 381. The van der Waals surface area contributed by atoms with E-state index in [-0.39, 0.29) is 0 Å². The second-order valence-electron chi connectivity index (χ2n) is 3.86. The van der Waals surface area contributed by atoms with E-state index >= 15 is 0 Å². The molecule has 108 valence electrons. The van der Waals surface area contributed by atoms with Crippen LogP contribution in [0.25, 0.3) is 5.57 Å². The van der Waals surface area contributed by atoms with Crippen molar-refractivity contribution in [1.29, 1.82) is 0 Å². The quantitative estimate of drug-likeness (QED) is 0.524. The third-order valence-corrected chi connectivity index (χ3v) is 2.76. The van der Waals surface area contributed by atoms with Crippen molar-refractivity contribution < 1.29 is 0 Å². The summed E-state index contributed by atoms with van der Waals surface area (Å²) in [5.41, 5.74) is 5.52. The Morgan fingerprint density at radius 3 is 2.00 bits per heavy atom. The molecule has 0 spiro atoms. The molecule has 0 unspecified atom stereocenters. The molecule has 0 amide bonds. The van der Waals surface area contributed by atoms with Crippen LogP contribution >= 0.6 is 0 Å². The third kappa shape index (κ3) is 7.00. The Morgan fingerprint density at radius 2 is 1.58 bits per heavy atom. The first kappa shape index (κ1) is 20.0. The molecule has 0 atom stereocenters. The molecule has 1 aromatic carbocycles. The molecule has 0 aromatic heterocycles. The minimum absolute atomic E-state index is 1.11. The van der Waals surface area contributed by atoms with Crippen LogP contribution in [0.15, 0.2) is 42.0 Å². The number of aryl methyl sites for hydroxylation is 1. The van der Waals surface area contributed by atoms with Gasteiger partial charge in [0, 0.05) is 0 Å². The number of hydrogen-bond donors (Lipinski definition) is 0. The van der Waals surface area contributed by atoms with Gasteiger partial charge in [0.15, 0.2) is 0 Å². The van der Waals surface area contributed by atoms with E-state index < -0.39 is 0 Å². The molecule has 0 nitrogen and oxygen atoms in total. The van der Waals surface area contributed by atoms with Crippen molar-refractivity contribution in [3.05, 3.63) is 53.1 Å². The molecule has 1 aromatic rings. The lowest BCUT2D eigenvalue weighted by Gasteiger charge is -2.10. The zero-order chi connectivity index (χ0) is 15.3. The fourth-order valence-electron chi connectivity index (χ4n) is 1.69. The second kappa shape index (κ2) is 13.1. The van der Waals surface area contributed by atoms with Crippen molar-refractivity contribution in [2.75, 3.05) is 0 Å². The van der Waals surface area contributed by atoms with Gasteiger partial charge in [-0.05, 0) is 43.9 Å². The van der Waals surface area contributed by atoms with Crippen LogP contribution in [0.1, 0.15) is 66.0 Å². The first-order valence-corrected chi connectivity index (χ1v) is 7.59. The number of rotatable bonds is 3. The molecular formula is C19H32. The van der Waals surface area contributed by atoms with Crippen LogP contribution in [0.2, 0.25) is 0 Å². The monoisotopic (exact) mass is 260 g/mol. The predicted molar refractivity (Wildman–Crippen MR) is 91.6 cm³/mol. The van der Waals surface area contributed by atoms with Crippen LogP contribution in [0, 0.1) is 6.92 Å². The lowest BCUT2D eigenvalue weighted by atomic mass is 9.95. The summed E-state index contributed by atoms with van der Waals surface area (Å²) in [4.78, 5) is 0. The van der Waals surface area contributed by atoms with E-state index in [4.69, 9.17) is 0 Å². The molecule has 0 N–H and O–H groups in total. The van der Waals surface area contributed by atoms with Crippen molar-refractivity contribution in [2.24, 2.45) is 0 Å². The Labute approximate surface area is 121 Å². The van der Waals surface area contributed by atoms with Gasteiger partial charge in [-0.1, -0.05) is 76.6 Å². The van der Waals surface area contributed by atoms with Crippen LogP contribution in [0.4, 0.5) is 0 Å². The molecule has 0 heteroatoms. The first-order valence-electron chi connectivity index (χ1n) is 7.59. The summed E-state index contributed by atoms with van der Waals surface area (Å²) in [6.07, 6.45) is 5.43. The van der Waals surface area contributed by atoms with Gasteiger partial charge in [-0.15, -0.1) is 0 Å². The van der Waals surface area contributed by atoms with Crippen LogP contribution < -0.4 is 0 Å². The standard InChI is InChI=1S/C15H20.2C2H6/c1-5-9-14(12(3)6-2)15-11-8-7-10-13(15)4;2*1-2/h5,7-11H,6H2,1-4H3;2*1-2H3/b9-5-,14-12-;;. The predicted octanol–water partition coefficient (Wildman–Crippen LogP) is 6.81. The second-order valence-corrected chi connectivity index (χ2v) is 3.86. The zero-order valence-electron chi connectivity index (χ0n) is 14.2. The molecule has 19 heavy (non-hydrogen) atoms. The Morgan fingerprint density at radius 1 is 1.05 bits per heavy atom. The summed E-state index contributed by atoms with van der Waals surface area (Å²) < 4.78 is 0. The fourth-order valence-corrected chi connectivity index (χ4v) is 1.69. The van der Waals surface area contributed by atoms with E-state index in [1.807, 2.05) is 27.7 Å². The van der Waals surface area contributed by atoms with Crippen molar-refractivity contribution in [3.63, 3.8) is 0 Å². The lowest BCUT2D eigenvalue weighted by molar-refractivity contribution is 1.10. The van der Waals surface area contributed by atoms with Gasteiger partial charge in [-0.25, -0.2) is 0 Å². The molecule has 0 aliphatic heterocycles. The SMILES string of the molecule is C/C=C\C(=C(/C)CC)c1ccccc1C.CC.CC. The van der Waals surface area contributed by atoms with Crippen molar-refractivity contribution in [2.45, 2.75) is 61.8 Å². The van der Waals surface area contributed by atoms with E-state index in [9.17, 15) is 0 Å². The summed E-state index contributed by atoms with van der Waals surface area (Å²) in [6.45, 7) is 16.7. The van der Waals surface area contributed by atoms with Gasteiger partial charge >= 0.3 is 0 Å². The highest BCUT2D eigenvalue weighted by atomic mass is 14.1. The summed E-state index contributed by atoms with van der Waals surface area (Å²) >= 11 is 0. The molecule has 0 fully saturated rings. The maximum atomic E-state index is 2.21. The van der Waals surface area contributed by atoms with E-state index in [1.54, 1.807) is 0 Å². The molecule has 0 bridgehead atoms. The van der Waals surface area contributed by atoms with Gasteiger partial charge < -0.3 is 0 Å². The lowest BCUT2D eigenvalue weighted by Crippen LogP contribution is -1.89. The normalized spacial score (nSPS) is 10.9. The average molecular weight is 260 g/mol. The molecule has 0 aliphatic carbocycles. The zero-order valence-corrected chi connectivity index (χ0v) is 14.2. The number of benzene rings is 1. The Balaban J connectivity index is 0. The third-order valence-electron chi connectivity index (χ3n) is 2.76. The van der Waals surface area contributed by atoms with Crippen LogP contribution in [-0.4, -0.2) is 0 Å². The van der Waals surface area contributed by atoms with E-state index in [0.29, 0.717) is 0 Å². The maximum absolute atomic E-state index is 2.21. The van der Waals surface area contributed by atoms with Crippen LogP contribution in [-0.2, 0) is 0 Å². The van der Waals surface area contributed by atoms with Crippen molar-refractivity contribution in [3.8, 4) is 0 Å².